The van der Waals surface area contributed by atoms with E-state index in [1.807, 2.05) is 42.9 Å². The minimum atomic E-state index is 0.571. The highest BCUT2D eigenvalue weighted by Crippen LogP contribution is 2.01. The van der Waals surface area contributed by atoms with Gasteiger partial charge in [0.05, 0.1) is 25.2 Å². The van der Waals surface area contributed by atoms with Crippen molar-refractivity contribution in [3.8, 4) is 0 Å². The highest BCUT2D eigenvalue weighted by Gasteiger charge is 1.99. The second-order valence-corrected chi connectivity index (χ2v) is 3.77. The number of benzene rings is 1. The Hall–Kier alpha value is -1.65. The maximum atomic E-state index is 5.40. The van der Waals surface area contributed by atoms with Crippen LogP contribution < -0.4 is 5.48 Å². The Morgan fingerprint density at radius 2 is 2.12 bits per heavy atom. The zero-order valence-corrected chi connectivity index (χ0v) is 9.97. The van der Waals surface area contributed by atoms with Crippen molar-refractivity contribution in [1.82, 2.24) is 15.0 Å². The van der Waals surface area contributed by atoms with Gasteiger partial charge in [0.1, 0.15) is 0 Å². The van der Waals surface area contributed by atoms with Gasteiger partial charge < -0.3 is 4.57 Å². The minimum Gasteiger partial charge on any atom is -0.334 e. The van der Waals surface area contributed by atoms with E-state index in [-0.39, 0.29) is 0 Å². The van der Waals surface area contributed by atoms with Crippen LogP contribution in [0.3, 0.4) is 0 Å². The van der Waals surface area contributed by atoms with Crippen LogP contribution in [-0.2, 0) is 24.5 Å². The molecule has 4 nitrogen and oxygen atoms in total. The van der Waals surface area contributed by atoms with Crippen LogP contribution in [-0.4, -0.2) is 9.55 Å². The second-order valence-electron chi connectivity index (χ2n) is 3.77. The fraction of sp³-hybridized carbons (Fsp3) is 0.308. The van der Waals surface area contributed by atoms with Crippen molar-refractivity contribution in [1.29, 1.82) is 0 Å². The first-order valence-corrected chi connectivity index (χ1v) is 5.77. The average Bonchev–Trinajstić information content (AvgIpc) is 2.83. The van der Waals surface area contributed by atoms with Crippen molar-refractivity contribution in [2.75, 3.05) is 0 Å². The second kappa shape index (κ2) is 6.18. The highest BCUT2D eigenvalue weighted by molar-refractivity contribution is 5.13. The Morgan fingerprint density at radius 3 is 2.88 bits per heavy atom. The van der Waals surface area contributed by atoms with E-state index in [4.69, 9.17) is 4.84 Å². The summed E-state index contributed by atoms with van der Waals surface area (Å²) in [5, 5.41) is 0. The molecule has 1 aromatic carbocycles. The summed E-state index contributed by atoms with van der Waals surface area (Å²) in [6.07, 6.45) is 3.68. The number of hydroxylamine groups is 1. The largest absolute Gasteiger partial charge is 0.334 e. The first-order valence-electron chi connectivity index (χ1n) is 5.77. The summed E-state index contributed by atoms with van der Waals surface area (Å²) in [5.41, 5.74) is 5.23. The molecule has 1 N–H and O–H groups in total. The van der Waals surface area contributed by atoms with Crippen LogP contribution in [0.4, 0.5) is 0 Å². The molecule has 90 valence electrons. The normalized spacial score (nSPS) is 10.6. The topological polar surface area (TPSA) is 39.1 Å². The van der Waals surface area contributed by atoms with Crippen LogP contribution in [0.25, 0.3) is 0 Å². The van der Waals surface area contributed by atoms with Crippen LogP contribution in [0.5, 0.6) is 0 Å². The summed E-state index contributed by atoms with van der Waals surface area (Å²) in [6.45, 7) is 4.26. The zero-order valence-electron chi connectivity index (χ0n) is 9.97. The van der Waals surface area contributed by atoms with E-state index in [2.05, 4.69) is 22.0 Å². The van der Waals surface area contributed by atoms with Crippen LogP contribution in [0.15, 0.2) is 42.9 Å². The van der Waals surface area contributed by atoms with Gasteiger partial charge in [-0.1, -0.05) is 30.3 Å². The number of aromatic nitrogens is 2. The molecular formula is C13H17N3O. The number of imidazole rings is 1. The number of nitrogens with one attached hydrogen (secondary N) is 1. The molecule has 0 aliphatic rings. The SMILES string of the molecule is CCn1cncc1CNOCc1ccccc1. The number of hydrogen-bond donors (Lipinski definition) is 1. The molecule has 0 saturated carbocycles. The quantitative estimate of drug-likeness (QED) is 0.611. The maximum Gasteiger partial charge on any atom is 0.0948 e. The first-order chi connectivity index (χ1) is 8.40. The van der Waals surface area contributed by atoms with Crippen molar-refractivity contribution in [3.05, 3.63) is 54.1 Å². The maximum absolute atomic E-state index is 5.40. The molecule has 2 aromatic rings. The third-order valence-corrected chi connectivity index (χ3v) is 2.58. The van der Waals surface area contributed by atoms with Gasteiger partial charge in [0, 0.05) is 12.7 Å². The Labute approximate surface area is 101 Å². The minimum absolute atomic E-state index is 0.571. The van der Waals surface area contributed by atoms with Gasteiger partial charge in [0.15, 0.2) is 0 Å². The first kappa shape index (κ1) is 11.8. The van der Waals surface area contributed by atoms with Gasteiger partial charge in [-0.2, -0.15) is 5.48 Å². The molecule has 0 atom stereocenters. The molecule has 0 spiro atoms. The van der Waals surface area contributed by atoms with Crippen molar-refractivity contribution >= 4 is 0 Å². The van der Waals surface area contributed by atoms with Crippen molar-refractivity contribution in [2.24, 2.45) is 0 Å². The lowest BCUT2D eigenvalue weighted by atomic mass is 10.2. The third kappa shape index (κ3) is 3.41. The van der Waals surface area contributed by atoms with E-state index in [9.17, 15) is 0 Å². The van der Waals surface area contributed by atoms with E-state index in [0.29, 0.717) is 13.2 Å². The third-order valence-electron chi connectivity index (χ3n) is 2.58. The van der Waals surface area contributed by atoms with Crippen LogP contribution >= 0.6 is 0 Å². The summed E-state index contributed by atoms with van der Waals surface area (Å²) < 4.78 is 2.08. The molecule has 0 amide bonds. The molecule has 2 rings (SSSR count). The molecule has 1 heterocycles. The molecule has 0 aliphatic heterocycles. The Morgan fingerprint density at radius 1 is 1.29 bits per heavy atom. The molecule has 0 unspecified atom stereocenters. The van der Waals surface area contributed by atoms with Gasteiger partial charge in [-0.15, -0.1) is 0 Å². The van der Waals surface area contributed by atoms with Crippen molar-refractivity contribution in [2.45, 2.75) is 26.6 Å². The zero-order chi connectivity index (χ0) is 11.9. The number of hydrogen-bond acceptors (Lipinski definition) is 3. The summed E-state index contributed by atoms with van der Waals surface area (Å²) in [7, 11) is 0. The Kier molecular flexibility index (Phi) is 4.30. The van der Waals surface area contributed by atoms with E-state index in [1.165, 1.54) is 0 Å². The van der Waals surface area contributed by atoms with Gasteiger partial charge in [-0.3, -0.25) is 4.84 Å². The number of aryl methyl sites for hydroxylation is 1. The van der Waals surface area contributed by atoms with Crippen molar-refractivity contribution < 1.29 is 4.84 Å². The summed E-state index contributed by atoms with van der Waals surface area (Å²) >= 11 is 0. The van der Waals surface area contributed by atoms with Crippen LogP contribution in [0.2, 0.25) is 0 Å². The lowest BCUT2D eigenvalue weighted by Gasteiger charge is -2.07. The van der Waals surface area contributed by atoms with Gasteiger partial charge in [-0.25, -0.2) is 4.98 Å². The fourth-order valence-corrected chi connectivity index (χ4v) is 1.61. The molecule has 17 heavy (non-hydrogen) atoms. The standard InChI is InChI=1S/C13H17N3O/c1-2-16-11-14-8-13(16)9-15-17-10-12-6-4-3-5-7-12/h3-8,11,15H,2,9-10H2,1H3. The van der Waals surface area contributed by atoms with Gasteiger partial charge in [-0.05, 0) is 12.5 Å². The number of nitrogens with zero attached hydrogens (tertiary/aromatic N) is 2. The van der Waals surface area contributed by atoms with E-state index in [0.717, 1.165) is 17.8 Å². The summed E-state index contributed by atoms with van der Waals surface area (Å²) in [5.74, 6) is 0. The fourth-order valence-electron chi connectivity index (χ4n) is 1.61. The van der Waals surface area contributed by atoms with Crippen LogP contribution in [0.1, 0.15) is 18.2 Å². The lowest BCUT2D eigenvalue weighted by molar-refractivity contribution is 0.0223. The molecule has 1 aromatic heterocycles. The predicted molar refractivity (Wildman–Crippen MR) is 66.0 cm³/mol. The highest BCUT2D eigenvalue weighted by atomic mass is 16.6. The molecule has 0 radical (unpaired) electrons. The van der Waals surface area contributed by atoms with Gasteiger partial charge >= 0.3 is 0 Å². The van der Waals surface area contributed by atoms with E-state index >= 15 is 0 Å². The Bertz CT molecular complexity index is 439. The monoisotopic (exact) mass is 231 g/mol. The summed E-state index contributed by atoms with van der Waals surface area (Å²) in [6, 6.07) is 10.1. The molecule has 0 aliphatic carbocycles. The molecule has 0 bridgehead atoms. The van der Waals surface area contributed by atoms with Gasteiger partial charge in [0.2, 0.25) is 0 Å². The molecular weight excluding hydrogens is 214 g/mol. The average molecular weight is 231 g/mol. The molecule has 4 heteroatoms. The molecule has 0 saturated heterocycles. The predicted octanol–water partition coefficient (Wildman–Crippen LogP) is 2.12. The van der Waals surface area contributed by atoms with Crippen LogP contribution in [0, 0.1) is 0 Å². The molecule has 0 fully saturated rings. The van der Waals surface area contributed by atoms with E-state index < -0.39 is 0 Å². The Balaban J connectivity index is 1.73. The van der Waals surface area contributed by atoms with E-state index in [1.54, 1.807) is 0 Å². The van der Waals surface area contributed by atoms with Crippen molar-refractivity contribution in [3.63, 3.8) is 0 Å². The summed E-state index contributed by atoms with van der Waals surface area (Å²) in [4.78, 5) is 9.50. The number of rotatable bonds is 6. The smallest absolute Gasteiger partial charge is 0.0948 e. The lowest BCUT2D eigenvalue weighted by Crippen LogP contribution is -2.16. The van der Waals surface area contributed by atoms with Gasteiger partial charge in [0.25, 0.3) is 0 Å².